The van der Waals surface area contributed by atoms with E-state index in [9.17, 15) is 9.59 Å². The number of hydrogen-bond acceptors (Lipinski definition) is 6. The number of imidazole rings is 1. The second-order valence-electron chi connectivity index (χ2n) is 7.29. The van der Waals surface area contributed by atoms with E-state index in [2.05, 4.69) is 15.0 Å². The third kappa shape index (κ3) is 3.62. The van der Waals surface area contributed by atoms with Gasteiger partial charge in [-0.1, -0.05) is 0 Å². The minimum absolute atomic E-state index is 0.189. The van der Waals surface area contributed by atoms with Crippen molar-refractivity contribution < 1.29 is 9.53 Å². The maximum atomic E-state index is 12.5. The summed E-state index contributed by atoms with van der Waals surface area (Å²) in [5.74, 6) is 0.189. The van der Waals surface area contributed by atoms with Crippen LogP contribution in [0.15, 0.2) is 29.3 Å². The number of carbonyl (C=O) groups excluding carboxylic acids is 1. The Kier molecular flexibility index (Phi) is 4.38. The van der Waals surface area contributed by atoms with Gasteiger partial charge in [0.1, 0.15) is 17.4 Å². The maximum Gasteiger partial charge on any atom is 0.414 e. The Labute approximate surface area is 155 Å². The van der Waals surface area contributed by atoms with Crippen LogP contribution >= 0.6 is 0 Å². The van der Waals surface area contributed by atoms with Crippen molar-refractivity contribution in [2.24, 2.45) is 0 Å². The van der Waals surface area contributed by atoms with E-state index in [0.717, 1.165) is 5.56 Å². The predicted molar refractivity (Wildman–Crippen MR) is 103 cm³/mol. The molecule has 3 rings (SSSR count). The Bertz CT molecular complexity index is 1080. The van der Waals surface area contributed by atoms with Crippen LogP contribution in [-0.2, 0) is 4.74 Å². The number of anilines is 2. The van der Waals surface area contributed by atoms with E-state index in [1.807, 2.05) is 19.1 Å². The van der Waals surface area contributed by atoms with Gasteiger partial charge >= 0.3 is 11.8 Å². The molecule has 3 aromatic rings. The fourth-order valence-corrected chi connectivity index (χ4v) is 2.68. The lowest BCUT2D eigenvalue weighted by molar-refractivity contribution is 0.0589. The summed E-state index contributed by atoms with van der Waals surface area (Å²) in [4.78, 5) is 37.0. The second kappa shape index (κ2) is 6.42. The summed E-state index contributed by atoms with van der Waals surface area (Å²) in [6.45, 7) is 7.28. The van der Waals surface area contributed by atoms with Crippen LogP contribution in [0.4, 0.5) is 16.3 Å². The number of hydrogen-bond donors (Lipinski definition) is 2. The van der Waals surface area contributed by atoms with Crippen LogP contribution in [0, 0.1) is 6.92 Å². The molecule has 0 radical (unpaired) electrons. The van der Waals surface area contributed by atoms with E-state index in [1.54, 1.807) is 33.9 Å². The van der Waals surface area contributed by atoms with Gasteiger partial charge in [-0.25, -0.2) is 24.1 Å². The minimum atomic E-state index is -0.611. The number of fused-ring (bicyclic) bond motifs is 1. The Morgan fingerprint density at radius 3 is 2.63 bits per heavy atom. The average Bonchev–Trinajstić information content (AvgIpc) is 2.89. The standard InChI is InChI=1S/C18H22N6O3/c1-10-6-11(23(5)17(26)27-18(2,3)4)8-12(7-10)24-15-13(22-16(24)25)14(19)20-9-21-15/h6-9H,1-5H3,(H,22,25)(H2,19,20,21). The van der Waals surface area contributed by atoms with Gasteiger partial charge in [-0.3, -0.25) is 4.90 Å². The first-order valence-corrected chi connectivity index (χ1v) is 8.37. The van der Waals surface area contributed by atoms with Crippen molar-refractivity contribution in [1.82, 2.24) is 19.5 Å². The van der Waals surface area contributed by atoms with Crippen molar-refractivity contribution >= 4 is 28.8 Å². The molecule has 1 amide bonds. The Balaban J connectivity index is 2.10. The molecule has 0 fully saturated rings. The Hall–Kier alpha value is -3.36. The van der Waals surface area contributed by atoms with Crippen LogP contribution in [0.5, 0.6) is 0 Å². The molecule has 9 heteroatoms. The third-order valence-corrected chi connectivity index (χ3v) is 3.86. The number of aromatic nitrogens is 4. The van der Waals surface area contributed by atoms with Gasteiger partial charge in [0.25, 0.3) is 0 Å². The number of aryl methyl sites for hydroxylation is 1. The van der Waals surface area contributed by atoms with Crippen molar-refractivity contribution in [3.05, 3.63) is 40.6 Å². The Morgan fingerprint density at radius 1 is 1.26 bits per heavy atom. The highest BCUT2D eigenvalue weighted by Gasteiger charge is 2.22. The van der Waals surface area contributed by atoms with E-state index in [0.29, 0.717) is 22.5 Å². The number of amides is 1. The predicted octanol–water partition coefficient (Wildman–Crippen LogP) is 2.37. The summed E-state index contributed by atoms with van der Waals surface area (Å²) in [5.41, 5.74) is 7.54. The van der Waals surface area contributed by atoms with Gasteiger partial charge in [0.05, 0.1) is 5.69 Å². The summed E-state index contributed by atoms with van der Waals surface area (Å²) >= 11 is 0. The molecule has 0 aliphatic rings. The molecule has 0 atom stereocenters. The first kappa shape index (κ1) is 18.4. The molecule has 0 unspecified atom stereocenters. The number of carbonyl (C=O) groups is 1. The molecule has 3 N–H and O–H groups in total. The molecule has 2 aromatic heterocycles. The van der Waals surface area contributed by atoms with Crippen molar-refractivity contribution in [3.63, 3.8) is 0 Å². The van der Waals surface area contributed by atoms with Crippen LogP contribution < -0.4 is 16.3 Å². The van der Waals surface area contributed by atoms with Crippen molar-refractivity contribution in [1.29, 1.82) is 0 Å². The molecule has 9 nitrogen and oxygen atoms in total. The summed E-state index contributed by atoms with van der Waals surface area (Å²) in [6.07, 6.45) is 0.808. The fraction of sp³-hybridized carbons (Fsp3) is 0.333. The topological polar surface area (TPSA) is 119 Å². The summed E-state index contributed by atoms with van der Waals surface area (Å²) in [7, 11) is 1.62. The van der Waals surface area contributed by atoms with Crippen molar-refractivity contribution in [2.75, 3.05) is 17.7 Å². The number of ether oxygens (including phenoxy) is 1. The summed E-state index contributed by atoms with van der Waals surface area (Å²) < 4.78 is 6.80. The van der Waals surface area contributed by atoms with Crippen LogP contribution in [0.25, 0.3) is 16.9 Å². The molecule has 0 spiro atoms. The highest BCUT2D eigenvalue weighted by molar-refractivity contribution is 5.88. The molecule has 0 saturated heterocycles. The van der Waals surface area contributed by atoms with Gasteiger partial charge in [0, 0.05) is 12.7 Å². The number of aromatic amines is 1. The monoisotopic (exact) mass is 370 g/mol. The van der Waals surface area contributed by atoms with Crippen molar-refractivity contribution in [2.45, 2.75) is 33.3 Å². The SMILES string of the molecule is Cc1cc(N(C)C(=O)OC(C)(C)C)cc(-n2c(=O)[nH]c3c(N)ncnc32)c1. The van der Waals surface area contributed by atoms with E-state index in [4.69, 9.17) is 10.5 Å². The van der Waals surface area contributed by atoms with E-state index >= 15 is 0 Å². The second-order valence-corrected chi connectivity index (χ2v) is 7.29. The van der Waals surface area contributed by atoms with Gasteiger partial charge in [-0.05, 0) is 51.5 Å². The molecule has 0 aliphatic heterocycles. The zero-order valence-electron chi connectivity index (χ0n) is 15.9. The first-order valence-electron chi connectivity index (χ1n) is 8.37. The number of nitrogen functional groups attached to an aromatic ring is 1. The number of nitrogens with zero attached hydrogens (tertiary/aromatic N) is 4. The van der Waals surface area contributed by atoms with Crippen LogP contribution in [-0.4, -0.2) is 38.3 Å². The quantitative estimate of drug-likeness (QED) is 0.715. The number of nitrogens with one attached hydrogen (secondary N) is 1. The van der Waals surface area contributed by atoms with Crippen molar-refractivity contribution in [3.8, 4) is 5.69 Å². The molecular weight excluding hydrogens is 348 g/mol. The number of H-pyrrole nitrogens is 1. The molecule has 0 saturated carbocycles. The number of nitrogens with two attached hydrogens (primary N) is 1. The normalized spacial score (nSPS) is 11.6. The molecule has 142 valence electrons. The summed E-state index contributed by atoms with van der Waals surface area (Å²) in [6, 6.07) is 5.36. The van der Waals surface area contributed by atoms with Crippen LogP contribution in [0.3, 0.4) is 0 Å². The smallest absolute Gasteiger partial charge is 0.414 e. The minimum Gasteiger partial charge on any atom is -0.443 e. The molecular formula is C18H22N6O3. The molecule has 0 bridgehead atoms. The van der Waals surface area contributed by atoms with E-state index in [1.165, 1.54) is 15.8 Å². The van der Waals surface area contributed by atoms with E-state index in [-0.39, 0.29) is 5.82 Å². The molecule has 1 aromatic carbocycles. The van der Waals surface area contributed by atoms with Gasteiger partial charge in [0.15, 0.2) is 11.5 Å². The molecule has 0 aliphatic carbocycles. The summed E-state index contributed by atoms with van der Waals surface area (Å²) in [5, 5.41) is 0. The number of benzene rings is 1. The van der Waals surface area contributed by atoms with Crippen LogP contribution in [0.2, 0.25) is 0 Å². The Morgan fingerprint density at radius 2 is 1.96 bits per heavy atom. The fourth-order valence-electron chi connectivity index (χ4n) is 2.68. The lowest BCUT2D eigenvalue weighted by Gasteiger charge is -2.25. The lowest BCUT2D eigenvalue weighted by Crippen LogP contribution is -2.34. The van der Waals surface area contributed by atoms with E-state index < -0.39 is 17.4 Å². The third-order valence-electron chi connectivity index (χ3n) is 3.86. The average molecular weight is 370 g/mol. The first-order chi connectivity index (χ1) is 12.6. The lowest BCUT2D eigenvalue weighted by atomic mass is 10.1. The van der Waals surface area contributed by atoms with Crippen LogP contribution in [0.1, 0.15) is 26.3 Å². The highest BCUT2D eigenvalue weighted by atomic mass is 16.6. The molecule has 2 heterocycles. The largest absolute Gasteiger partial charge is 0.443 e. The van der Waals surface area contributed by atoms with Gasteiger partial charge in [-0.2, -0.15) is 0 Å². The zero-order chi connectivity index (χ0) is 19.9. The van der Waals surface area contributed by atoms with Gasteiger partial charge in [0.2, 0.25) is 0 Å². The number of rotatable bonds is 2. The van der Waals surface area contributed by atoms with Gasteiger partial charge in [-0.15, -0.1) is 0 Å². The maximum absolute atomic E-state index is 12.5. The zero-order valence-corrected chi connectivity index (χ0v) is 15.9. The molecule has 27 heavy (non-hydrogen) atoms. The highest BCUT2D eigenvalue weighted by Crippen LogP contribution is 2.24. The van der Waals surface area contributed by atoms with Gasteiger partial charge < -0.3 is 15.5 Å².